The smallest absolute Gasteiger partial charge is 0.239 e. The van der Waals surface area contributed by atoms with E-state index in [0.717, 1.165) is 11.4 Å². The van der Waals surface area contributed by atoms with Crippen LogP contribution in [0.1, 0.15) is 0 Å². The molecule has 92 valence electrons. The van der Waals surface area contributed by atoms with E-state index in [-0.39, 0.29) is 5.91 Å². The Balaban J connectivity index is 2.32. The highest BCUT2D eigenvalue weighted by atomic mass is 16.1. The lowest BCUT2D eigenvalue weighted by Gasteiger charge is -2.24. The second-order valence-corrected chi connectivity index (χ2v) is 3.93. The topological polar surface area (TPSA) is 32.3 Å². The Labute approximate surface area is 107 Å². The molecule has 0 saturated heterocycles. The molecule has 1 N–H and O–H groups in total. The van der Waals surface area contributed by atoms with Crippen molar-refractivity contribution >= 4 is 17.3 Å². The van der Waals surface area contributed by atoms with Crippen LogP contribution >= 0.6 is 0 Å². The standard InChI is InChI=1S/C15H16N2O/c1-16-15(18)12-17(13-8-4-2-5-9-13)14-10-6-3-7-11-14/h2-11H,12H2,1H3,(H,16,18). The van der Waals surface area contributed by atoms with Crippen molar-refractivity contribution in [2.45, 2.75) is 0 Å². The molecule has 1 amide bonds. The Kier molecular flexibility index (Phi) is 3.97. The van der Waals surface area contributed by atoms with Crippen LogP contribution in [0.15, 0.2) is 60.7 Å². The number of carbonyl (C=O) groups is 1. The van der Waals surface area contributed by atoms with Crippen LogP contribution in [0.25, 0.3) is 0 Å². The number of nitrogens with zero attached hydrogens (tertiary/aromatic N) is 1. The second kappa shape index (κ2) is 5.87. The maximum absolute atomic E-state index is 11.6. The van der Waals surface area contributed by atoms with Crippen molar-refractivity contribution in [3.8, 4) is 0 Å². The predicted molar refractivity (Wildman–Crippen MR) is 74.0 cm³/mol. The third-order valence-electron chi connectivity index (χ3n) is 2.72. The third kappa shape index (κ3) is 2.88. The molecular weight excluding hydrogens is 224 g/mol. The van der Waals surface area contributed by atoms with Gasteiger partial charge in [0.15, 0.2) is 0 Å². The molecule has 3 nitrogen and oxygen atoms in total. The lowest BCUT2D eigenvalue weighted by molar-refractivity contribution is -0.119. The number of hydrogen-bond acceptors (Lipinski definition) is 2. The predicted octanol–water partition coefficient (Wildman–Crippen LogP) is 2.57. The number of anilines is 2. The zero-order chi connectivity index (χ0) is 12.8. The Morgan fingerprint density at radius 3 is 1.78 bits per heavy atom. The van der Waals surface area contributed by atoms with Gasteiger partial charge in [-0.3, -0.25) is 4.79 Å². The third-order valence-corrected chi connectivity index (χ3v) is 2.72. The number of benzene rings is 2. The number of para-hydroxylation sites is 2. The van der Waals surface area contributed by atoms with E-state index in [4.69, 9.17) is 0 Å². The second-order valence-electron chi connectivity index (χ2n) is 3.93. The van der Waals surface area contributed by atoms with E-state index in [9.17, 15) is 4.79 Å². The summed E-state index contributed by atoms with van der Waals surface area (Å²) in [5, 5.41) is 2.65. The molecular formula is C15H16N2O. The van der Waals surface area contributed by atoms with E-state index in [1.165, 1.54) is 0 Å². The number of likely N-dealkylation sites (N-methyl/N-ethyl adjacent to an activating group) is 1. The van der Waals surface area contributed by atoms with Crippen LogP contribution in [0.5, 0.6) is 0 Å². The van der Waals surface area contributed by atoms with Crippen LogP contribution in [0.3, 0.4) is 0 Å². The molecule has 0 aromatic heterocycles. The van der Waals surface area contributed by atoms with Gasteiger partial charge in [0.05, 0.1) is 0 Å². The summed E-state index contributed by atoms with van der Waals surface area (Å²) in [5.41, 5.74) is 2.01. The van der Waals surface area contributed by atoms with E-state index >= 15 is 0 Å². The van der Waals surface area contributed by atoms with Gasteiger partial charge in [0.2, 0.25) is 5.91 Å². The SMILES string of the molecule is CNC(=O)CN(c1ccccc1)c1ccccc1. The van der Waals surface area contributed by atoms with E-state index in [2.05, 4.69) is 5.32 Å². The molecule has 18 heavy (non-hydrogen) atoms. The molecule has 3 heteroatoms. The number of rotatable bonds is 4. The number of amides is 1. The summed E-state index contributed by atoms with van der Waals surface area (Å²) in [5.74, 6) is -0.0114. The molecule has 0 spiro atoms. The van der Waals surface area contributed by atoms with Crippen LogP contribution in [0.2, 0.25) is 0 Å². The molecule has 0 radical (unpaired) electrons. The van der Waals surface area contributed by atoms with Gasteiger partial charge in [-0.1, -0.05) is 36.4 Å². The molecule has 0 aliphatic carbocycles. The minimum Gasteiger partial charge on any atom is -0.358 e. The fraction of sp³-hybridized carbons (Fsp3) is 0.133. The van der Waals surface area contributed by atoms with Gasteiger partial charge in [-0.25, -0.2) is 0 Å². The highest BCUT2D eigenvalue weighted by molar-refractivity contribution is 5.84. The molecule has 0 bridgehead atoms. The Morgan fingerprint density at radius 2 is 1.39 bits per heavy atom. The fourth-order valence-corrected chi connectivity index (χ4v) is 1.77. The Bertz CT molecular complexity index is 457. The van der Waals surface area contributed by atoms with Gasteiger partial charge < -0.3 is 10.2 Å². The lowest BCUT2D eigenvalue weighted by Crippen LogP contribution is -2.32. The summed E-state index contributed by atoms with van der Waals surface area (Å²) >= 11 is 0. The Morgan fingerprint density at radius 1 is 0.944 bits per heavy atom. The zero-order valence-electron chi connectivity index (χ0n) is 10.3. The van der Waals surface area contributed by atoms with Gasteiger partial charge >= 0.3 is 0 Å². The first kappa shape index (κ1) is 12.2. The first-order chi connectivity index (χ1) is 8.81. The van der Waals surface area contributed by atoms with E-state index in [1.54, 1.807) is 7.05 Å². The number of hydrogen-bond donors (Lipinski definition) is 1. The maximum atomic E-state index is 11.6. The van der Waals surface area contributed by atoms with Crippen LogP contribution in [-0.2, 0) is 4.79 Å². The van der Waals surface area contributed by atoms with Crippen molar-refractivity contribution in [2.24, 2.45) is 0 Å². The quantitative estimate of drug-likeness (QED) is 0.890. The minimum atomic E-state index is -0.0114. The van der Waals surface area contributed by atoms with E-state index in [1.807, 2.05) is 65.6 Å². The highest BCUT2D eigenvalue weighted by Gasteiger charge is 2.11. The average molecular weight is 240 g/mol. The summed E-state index contributed by atoms with van der Waals surface area (Å²) in [6.45, 7) is 0.310. The van der Waals surface area contributed by atoms with E-state index in [0.29, 0.717) is 6.54 Å². The molecule has 2 rings (SSSR count). The zero-order valence-corrected chi connectivity index (χ0v) is 10.3. The minimum absolute atomic E-state index is 0.0114. The molecule has 2 aromatic carbocycles. The van der Waals surface area contributed by atoms with Gasteiger partial charge in [0.1, 0.15) is 6.54 Å². The van der Waals surface area contributed by atoms with Crippen molar-refractivity contribution in [2.75, 3.05) is 18.5 Å². The van der Waals surface area contributed by atoms with Crippen molar-refractivity contribution in [3.63, 3.8) is 0 Å². The highest BCUT2D eigenvalue weighted by Crippen LogP contribution is 2.24. The normalized spacial score (nSPS) is 9.83. The molecule has 0 saturated carbocycles. The summed E-state index contributed by atoms with van der Waals surface area (Å²) < 4.78 is 0. The van der Waals surface area contributed by atoms with Crippen molar-refractivity contribution < 1.29 is 4.79 Å². The molecule has 2 aromatic rings. The van der Waals surface area contributed by atoms with Crippen LogP contribution in [-0.4, -0.2) is 19.5 Å². The monoisotopic (exact) mass is 240 g/mol. The van der Waals surface area contributed by atoms with Crippen molar-refractivity contribution in [3.05, 3.63) is 60.7 Å². The Hall–Kier alpha value is -2.29. The lowest BCUT2D eigenvalue weighted by atomic mass is 10.2. The summed E-state index contributed by atoms with van der Waals surface area (Å²) in [4.78, 5) is 13.6. The summed E-state index contributed by atoms with van der Waals surface area (Å²) in [7, 11) is 1.65. The largest absolute Gasteiger partial charge is 0.358 e. The molecule has 0 heterocycles. The molecule has 0 aliphatic heterocycles. The van der Waals surface area contributed by atoms with Gasteiger partial charge in [-0.05, 0) is 24.3 Å². The van der Waals surface area contributed by atoms with Crippen LogP contribution < -0.4 is 10.2 Å². The summed E-state index contributed by atoms with van der Waals surface area (Å²) in [6.07, 6.45) is 0. The van der Waals surface area contributed by atoms with Gasteiger partial charge in [-0.15, -0.1) is 0 Å². The molecule has 0 fully saturated rings. The van der Waals surface area contributed by atoms with Crippen LogP contribution in [0.4, 0.5) is 11.4 Å². The number of carbonyl (C=O) groups excluding carboxylic acids is 1. The van der Waals surface area contributed by atoms with Crippen LogP contribution in [0, 0.1) is 0 Å². The molecule has 0 atom stereocenters. The van der Waals surface area contributed by atoms with Crippen molar-refractivity contribution in [1.29, 1.82) is 0 Å². The van der Waals surface area contributed by atoms with Crippen molar-refractivity contribution in [1.82, 2.24) is 5.32 Å². The van der Waals surface area contributed by atoms with Gasteiger partial charge in [0.25, 0.3) is 0 Å². The summed E-state index contributed by atoms with van der Waals surface area (Å²) in [6, 6.07) is 19.8. The molecule has 0 aliphatic rings. The average Bonchev–Trinajstić information content (AvgIpc) is 2.46. The maximum Gasteiger partial charge on any atom is 0.239 e. The van der Waals surface area contributed by atoms with E-state index < -0.39 is 0 Å². The van der Waals surface area contributed by atoms with Gasteiger partial charge in [0, 0.05) is 18.4 Å². The molecule has 0 unspecified atom stereocenters. The fourth-order valence-electron chi connectivity index (χ4n) is 1.77. The first-order valence-corrected chi connectivity index (χ1v) is 5.89. The number of nitrogens with one attached hydrogen (secondary N) is 1. The van der Waals surface area contributed by atoms with Gasteiger partial charge in [-0.2, -0.15) is 0 Å². The first-order valence-electron chi connectivity index (χ1n) is 5.89.